The smallest absolute Gasteiger partial charge is 0.150 e. The first-order chi connectivity index (χ1) is 7.31. The quantitative estimate of drug-likeness (QED) is 0.755. The van der Waals surface area contributed by atoms with E-state index in [9.17, 15) is 9.90 Å². The van der Waals surface area contributed by atoms with E-state index < -0.39 is 0 Å². The average molecular weight is 199 g/mol. The van der Waals surface area contributed by atoms with Crippen molar-refractivity contribution in [3.05, 3.63) is 48.2 Å². The van der Waals surface area contributed by atoms with Gasteiger partial charge in [-0.2, -0.15) is 0 Å². The lowest BCUT2D eigenvalue weighted by Gasteiger charge is -2.03. The van der Waals surface area contributed by atoms with Crippen molar-refractivity contribution in [1.29, 1.82) is 0 Å². The third-order valence-corrected chi connectivity index (χ3v) is 2.10. The van der Waals surface area contributed by atoms with Gasteiger partial charge in [-0.25, -0.2) is 0 Å². The topological polar surface area (TPSA) is 50.2 Å². The van der Waals surface area contributed by atoms with Crippen LogP contribution in [-0.2, 0) is 0 Å². The lowest BCUT2D eigenvalue weighted by molar-refractivity contribution is 0.112. The Labute approximate surface area is 87.0 Å². The van der Waals surface area contributed by atoms with E-state index in [0.717, 1.165) is 6.29 Å². The average Bonchev–Trinajstić information content (AvgIpc) is 2.30. The minimum absolute atomic E-state index is 0.160. The molecule has 2 aromatic rings. The normalized spacial score (nSPS) is 9.87. The van der Waals surface area contributed by atoms with Crippen LogP contribution in [0, 0.1) is 0 Å². The molecule has 0 saturated carbocycles. The molecule has 0 bridgehead atoms. The molecule has 0 atom stereocenters. The number of phenolic OH excluding ortho intramolecular Hbond substituents is 1. The van der Waals surface area contributed by atoms with E-state index >= 15 is 0 Å². The predicted octanol–water partition coefficient (Wildman–Crippen LogP) is 2.27. The first-order valence-corrected chi connectivity index (χ1v) is 4.51. The second kappa shape index (κ2) is 3.92. The van der Waals surface area contributed by atoms with E-state index in [-0.39, 0.29) is 5.75 Å². The number of benzene rings is 1. The fourth-order valence-electron chi connectivity index (χ4n) is 1.36. The molecule has 1 N–H and O–H groups in total. The number of rotatable bonds is 2. The maximum atomic E-state index is 10.6. The van der Waals surface area contributed by atoms with Gasteiger partial charge < -0.3 is 5.11 Å². The van der Waals surface area contributed by atoms with Crippen LogP contribution < -0.4 is 0 Å². The van der Waals surface area contributed by atoms with Crippen molar-refractivity contribution in [3.8, 4) is 17.0 Å². The van der Waals surface area contributed by atoms with Crippen molar-refractivity contribution in [3.63, 3.8) is 0 Å². The molecule has 2 rings (SSSR count). The van der Waals surface area contributed by atoms with Gasteiger partial charge >= 0.3 is 0 Å². The number of hydrogen-bond donors (Lipinski definition) is 1. The Kier molecular flexibility index (Phi) is 2.46. The lowest BCUT2D eigenvalue weighted by atomic mass is 10.1. The van der Waals surface area contributed by atoms with Crippen LogP contribution >= 0.6 is 0 Å². The highest BCUT2D eigenvalue weighted by molar-refractivity contribution is 5.78. The number of nitrogens with zero attached hydrogens (tertiary/aromatic N) is 1. The molecule has 74 valence electrons. The van der Waals surface area contributed by atoms with Gasteiger partial charge in [-0.15, -0.1) is 0 Å². The summed E-state index contributed by atoms with van der Waals surface area (Å²) in [4.78, 5) is 14.7. The van der Waals surface area contributed by atoms with Gasteiger partial charge in [0.25, 0.3) is 0 Å². The Hall–Kier alpha value is -2.16. The summed E-state index contributed by atoms with van der Waals surface area (Å²) in [5.41, 5.74) is 1.77. The summed E-state index contributed by atoms with van der Waals surface area (Å²) in [6, 6.07) is 10.2. The molecule has 0 radical (unpaired) electrons. The number of aromatic nitrogens is 1. The molecule has 0 spiro atoms. The van der Waals surface area contributed by atoms with Crippen molar-refractivity contribution in [2.75, 3.05) is 0 Å². The van der Waals surface area contributed by atoms with Gasteiger partial charge in [-0.1, -0.05) is 12.1 Å². The molecule has 3 heteroatoms. The summed E-state index contributed by atoms with van der Waals surface area (Å²) in [5, 5.41) is 9.60. The van der Waals surface area contributed by atoms with Crippen molar-refractivity contribution >= 4 is 6.29 Å². The van der Waals surface area contributed by atoms with Crippen LogP contribution in [0.25, 0.3) is 11.3 Å². The number of pyridine rings is 1. The van der Waals surface area contributed by atoms with Crippen LogP contribution in [-0.4, -0.2) is 16.4 Å². The number of phenols is 1. The van der Waals surface area contributed by atoms with Gasteiger partial charge in [-0.3, -0.25) is 9.78 Å². The Morgan fingerprint density at radius 1 is 1.20 bits per heavy atom. The molecule has 0 fully saturated rings. The van der Waals surface area contributed by atoms with Gasteiger partial charge in [0.1, 0.15) is 12.0 Å². The van der Waals surface area contributed by atoms with E-state index in [1.165, 1.54) is 0 Å². The van der Waals surface area contributed by atoms with E-state index in [1.807, 2.05) is 6.07 Å². The minimum atomic E-state index is 0.160. The Morgan fingerprint density at radius 2 is 2.00 bits per heavy atom. The number of carbonyl (C=O) groups is 1. The molecular weight excluding hydrogens is 190 g/mol. The first kappa shape index (κ1) is 9.40. The van der Waals surface area contributed by atoms with Crippen LogP contribution in [0.2, 0.25) is 0 Å². The highest BCUT2D eigenvalue weighted by Crippen LogP contribution is 2.26. The molecule has 0 aliphatic carbocycles. The Balaban J connectivity index is 2.54. The van der Waals surface area contributed by atoms with Gasteiger partial charge in [0.15, 0.2) is 0 Å². The molecule has 0 unspecified atom stereocenters. The zero-order valence-corrected chi connectivity index (χ0v) is 7.92. The van der Waals surface area contributed by atoms with Crippen LogP contribution in [0.1, 0.15) is 10.4 Å². The summed E-state index contributed by atoms with van der Waals surface area (Å²) in [6.07, 6.45) is 2.30. The second-order valence-electron chi connectivity index (χ2n) is 3.11. The fourth-order valence-corrected chi connectivity index (χ4v) is 1.36. The maximum Gasteiger partial charge on any atom is 0.150 e. The SMILES string of the molecule is O=Cc1ccnc(-c2ccccc2O)c1. The second-order valence-corrected chi connectivity index (χ2v) is 3.11. The zero-order valence-electron chi connectivity index (χ0n) is 7.92. The first-order valence-electron chi connectivity index (χ1n) is 4.51. The van der Waals surface area contributed by atoms with Crippen molar-refractivity contribution < 1.29 is 9.90 Å². The van der Waals surface area contributed by atoms with Crippen molar-refractivity contribution in [2.24, 2.45) is 0 Å². The van der Waals surface area contributed by atoms with Gasteiger partial charge in [-0.05, 0) is 24.3 Å². The van der Waals surface area contributed by atoms with Gasteiger partial charge in [0.05, 0.1) is 5.69 Å². The number of para-hydroxylation sites is 1. The van der Waals surface area contributed by atoms with Crippen LogP contribution in [0.4, 0.5) is 0 Å². The predicted molar refractivity (Wildman–Crippen MR) is 56.7 cm³/mol. The van der Waals surface area contributed by atoms with Gasteiger partial charge in [0.2, 0.25) is 0 Å². The molecule has 0 saturated heterocycles. The van der Waals surface area contributed by atoms with E-state index in [2.05, 4.69) is 4.98 Å². The van der Waals surface area contributed by atoms with Gasteiger partial charge in [0, 0.05) is 17.3 Å². The summed E-state index contributed by atoms with van der Waals surface area (Å²) in [5.74, 6) is 0.160. The molecule has 15 heavy (non-hydrogen) atoms. The largest absolute Gasteiger partial charge is 0.507 e. The Morgan fingerprint density at radius 3 is 2.73 bits per heavy atom. The molecule has 0 aliphatic heterocycles. The standard InChI is InChI=1S/C12H9NO2/c14-8-9-5-6-13-11(7-9)10-3-1-2-4-12(10)15/h1-8,15H. The molecule has 0 amide bonds. The van der Waals surface area contributed by atoms with Crippen LogP contribution in [0.15, 0.2) is 42.6 Å². The molecular formula is C12H9NO2. The van der Waals surface area contributed by atoms with Crippen molar-refractivity contribution in [2.45, 2.75) is 0 Å². The molecule has 1 aromatic heterocycles. The highest BCUT2D eigenvalue weighted by atomic mass is 16.3. The van der Waals surface area contributed by atoms with Crippen LogP contribution in [0.3, 0.4) is 0 Å². The van der Waals surface area contributed by atoms with E-state index in [1.54, 1.807) is 36.5 Å². The fraction of sp³-hybridized carbons (Fsp3) is 0. The van der Waals surface area contributed by atoms with E-state index in [4.69, 9.17) is 0 Å². The van der Waals surface area contributed by atoms with Crippen molar-refractivity contribution in [1.82, 2.24) is 4.98 Å². The maximum absolute atomic E-state index is 10.6. The van der Waals surface area contributed by atoms with Crippen LogP contribution in [0.5, 0.6) is 5.75 Å². The number of aromatic hydroxyl groups is 1. The Bertz CT molecular complexity index is 494. The number of aldehydes is 1. The summed E-state index contributed by atoms with van der Waals surface area (Å²) >= 11 is 0. The molecule has 1 heterocycles. The number of hydrogen-bond acceptors (Lipinski definition) is 3. The molecule has 1 aromatic carbocycles. The highest BCUT2D eigenvalue weighted by Gasteiger charge is 2.04. The molecule has 0 aliphatic rings. The zero-order chi connectivity index (χ0) is 10.7. The summed E-state index contributed by atoms with van der Waals surface area (Å²) in [7, 11) is 0. The third-order valence-electron chi connectivity index (χ3n) is 2.10. The summed E-state index contributed by atoms with van der Waals surface area (Å²) in [6.45, 7) is 0. The third kappa shape index (κ3) is 1.86. The summed E-state index contributed by atoms with van der Waals surface area (Å²) < 4.78 is 0. The lowest BCUT2D eigenvalue weighted by Crippen LogP contribution is -1.86. The molecule has 3 nitrogen and oxygen atoms in total. The number of carbonyl (C=O) groups excluding carboxylic acids is 1. The minimum Gasteiger partial charge on any atom is -0.507 e. The monoisotopic (exact) mass is 199 g/mol. The van der Waals surface area contributed by atoms with E-state index in [0.29, 0.717) is 16.8 Å².